The Morgan fingerprint density at radius 2 is 2.31 bits per heavy atom. The summed E-state index contributed by atoms with van der Waals surface area (Å²) in [4.78, 5) is 16.0. The Labute approximate surface area is 98.0 Å². The molecule has 0 fully saturated rings. The molecule has 0 saturated carbocycles. The summed E-state index contributed by atoms with van der Waals surface area (Å²) >= 11 is 6.09. The fourth-order valence-electron chi connectivity index (χ4n) is 1.55. The number of carbonyl (C=O) groups is 1. The van der Waals surface area contributed by atoms with E-state index in [0.29, 0.717) is 10.8 Å². The maximum Gasteiger partial charge on any atom is 0.200 e. The summed E-state index contributed by atoms with van der Waals surface area (Å²) in [5.74, 6) is -0.242. The monoisotopic (exact) mass is 237 g/mol. The second-order valence-corrected chi connectivity index (χ2v) is 4.15. The van der Waals surface area contributed by atoms with Crippen molar-refractivity contribution >= 4 is 23.0 Å². The van der Waals surface area contributed by atoms with Gasteiger partial charge in [-0.3, -0.25) is 9.20 Å². The van der Waals surface area contributed by atoms with Crippen LogP contribution >= 0.6 is 11.6 Å². The Hall–Kier alpha value is -1.39. The molecule has 1 atom stereocenters. The number of halogens is 1. The van der Waals surface area contributed by atoms with Gasteiger partial charge in [0.1, 0.15) is 16.5 Å². The lowest BCUT2D eigenvalue weighted by atomic mass is 10.2. The summed E-state index contributed by atoms with van der Waals surface area (Å²) in [6, 6.07) is 3.18. The van der Waals surface area contributed by atoms with Crippen molar-refractivity contribution in [3.8, 4) is 0 Å². The van der Waals surface area contributed by atoms with Crippen LogP contribution in [0.25, 0.3) is 5.65 Å². The molecule has 2 aromatic heterocycles. The van der Waals surface area contributed by atoms with Crippen molar-refractivity contribution in [2.45, 2.75) is 19.9 Å². The highest BCUT2D eigenvalue weighted by molar-refractivity contribution is 6.33. The van der Waals surface area contributed by atoms with Gasteiger partial charge in [0.15, 0.2) is 0 Å². The van der Waals surface area contributed by atoms with Crippen molar-refractivity contribution < 1.29 is 4.79 Å². The lowest BCUT2D eigenvalue weighted by Crippen LogP contribution is -2.27. The van der Waals surface area contributed by atoms with Crippen molar-refractivity contribution in [3.05, 3.63) is 34.7 Å². The first-order valence-corrected chi connectivity index (χ1v) is 5.33. The van der Waals surface area contributed by atoms with E-state index in [1.165, 1.54) is 0 Å². The first-order chi connectivity index (χ1) is 7.52. The number of imidazole rings is 1. The Kier molecular flexibility index (Phi) is 2.69. The number of fused-ring (bicyclic) bond motifs is 1. The van der Waals surface area contributed by atoms with Crippen molar-refractivity contribution in [1.82, 2.24) is 9.38 Å². The van der Waals surface area contributed by atoms with Gasteiger partial charge in [0.05, 0.1) is 6.04 Å². The van der Waals surface area contributed by atoms with E-state index < -0.39 is 6.04 Å². The van der Waals surface area contributed by atoms with Crippen molar-refractivity contribution in [1.29, 1.82) is 0 Å². The van der Waals surface area contributed by atoms with Crippen LogP contribution in [0.3, 0.4) is 0 Å². The third-order valence-corrected chi connectivity index (χ3v) is 2.79. The van der Waals surface area contributed by atoms with Gasteiger partial charge < -0.3 is 5.73 Å². The van der Waals surface area contributed by atoms with E-state index in [0.717, 1.165) is 5.56 Å². The number of carbonyl (C=O) groups excluding carboxylic acids is 1. The molecule has 2 aromatic rings. The molecule has 0 aliphatic heterocycles. The third-order valence-electron chi connectivity index (χ3n) is 2.43. The molecule has 4 nitrogen and oxygen atoms in total. The average molecular weight is 238 g/mol. The molecule has 0 aliphatic carbocycles. The predicted molar refractivity (Wildman–Crippen MR) is 62.9 cm³/mol. The summed E-state index contributed by atoms with van der Waals surface area (Å²) in [6.07, 6.45) is 1.77. The van der Waals surface area contributed by atoms with E-state index in [2.05, 4.69) is 4.98 Å². The maximum atomic E-state index is 11.8. The van der Waals surface area contributed by atoms with Crippen molar-refractivity contribution in [2.75, 3.05) is 0 Å². The third kappa shape index (κ3) is 1.60. The number of rotatable bonds is 2. The maximum absolute atomic E-state index is 11.8. The number of hydrogen-bond acceptors (Lipinski definition) is 3. The SMILES string of the molecule is Cc1cccn2c(Cl)c(C(=O)C(C)N)nc12. The average Bonchev–Trinajstić information content (AvgIpc) is 2.57. The Balaban J connectivity index is 2.69. The lowest BCUT2D eigenvalue weighted by molar-refractivity contribution is 0.0964. The molecule has 0 spiro atoms. The van der Waals surface area contributed by atoms with E-state index in [9.17, 15) is 4.79 Å². The molecule has 0 aromatic carbocycles. The van der Waals surface area contributed by atoms with Gasteiger partial charge in [0.25, 0.3) is 0 Å². The Morgan fingerprint density at radius 3 is 2.88 bits per heavy atom. The lowest BCUT2D eigenvalue weighted by Gasteiger charge is -2.00. The number of aromatic nitrogens is 2. The zero-order valence-electron chi connectivity index (χ0n) is 9.07. The summed E-state index contributed by atoms with van der Waals surface area (Å²) in [6.45, 7) is 3.54. The summed E-state index contributed by atoms with van der Waals surface area (Å²) in [5, 5.41) is 0.320. The standard InChI is InChI=1S/C11H12ClN3O/c1-6-4-3-5-15-10(12)8(14-11(6)15)9(16)7(2)13/h3-5,7H,13H2,1-2H3. The molecule has 0 bridgehead atoms. The minimum Gasteiger partial charge on any atom is -0.321 e. The van der Waals surface area contributed by atoms with Gasteiger partial charge in [-0.05, 0) is 25.5 Å². The number of ketones is 1. The molecular weight excluding hydrogens is 226 g/mol. The van der Waals surface area contributed by atoms with Crippen LogP contribution < -0.4 is 5.73 Å². The second kappa shape index (κ2) is 3.88. The van der Waals surface area contributed by atoms with Gasteiger partial charge in [-0.15, -0.1) is 0 Å². The number of aryl methyl sites for hydroxylation is 1. The van der Waals surface area contributed by atoms with E-state index in [1.54, 1.807) is 17.5 Å². The Morgan fingerprint density at radius 1 is 1.62 bits per heavy atom. The minimum absolute atomic E-state index is 0.242. The number of hydrogen-bond donors (Lipinski definition) is 1. The topological polar surface area (TPSA) is 60.4 Å². The van der Waals surface area contributed by atoms with Crippen LogP contribution in [0.4, 0.5) is 0 Å². The van der Waals surface area contributed by atoms with Gasteiger partial charge in [-0.1, -0.05) is 17.7 Å². The molecule has 0 aliphatic rings. The van der Waals surface area contributed by atoms with Crippen LogP contribution in [0.2, 0.25) is 5.15 Å². The van der Waals surface area contributed by atoms with Gasteiger partial charge in [0.2, 0.25) is 5.78 Å². The van der Waals surface area contributed by atoms with E-state index >= 15 is 0 Å². The molecule has 2 heterocycles. The summed E-state index contributed by atoms with van der Waals surface area (Å²) in [7, 11) is 0. The van der Waals surface area contributed by atoms with Gasteiger partial charge >= 0.3 is 0 Å². The zero-order chi connectivity index (χ0) is 11.9. The first-order valence-electron chi connectivity index (χ1n) is 4.95. The predicted octanol–water partition coefficient (Wildman–Crippen LogP) is 1.83. The van der Waals surface area contributed by atoms with Crippen LogP contribution in [0.15, 0.2) is 18.3 Å². The van der Waals surface area contributed by atoms with Gasteiger partial charge in [-0.2, -0.15) is 0 Å². The number of nitrogens with zero attached hydrogens (tertiary/aromatic N) is 2. The number of Topliss-reactive ketones (excluding diaryl/α,β-unsaturated/α-hetero) is 1. The van der Waals surface area contributed by atoms with Crippen LogP contribution in [0.1, 0.15) is 23.0 Å². The molecule has 0 radical (unpaired) electrons. The van der Waals surface area contributed by atoms with Crippen LogP contribution in [-0.4, -0.2) is 21.2 Å². The first kappa shape index (κ1) is 11.1. The zero-order valence-corrected chi connectivity index (χ0v) is 9.82. The summed E-state index contributed by atoms with van der Waals surface area (Å²) < 4.78 is 1.69. The molecular formula is C11H12ClN3O. The van der Waals surface area contributed by atoms with Crippen molar-refractivity contribution in [2.24, 2.45) is 5.73 Å². The van der Waals surface area contributed by atoms with Crippen LogP contribution in [-0.2, 0) is 0 Å². The van der Waals surface area contributed by atoms with Crippen LogP contribution in [0.5, 0.6) is 0 Å². The molecule has 1 unspecified atom stereocenters. The van der Waals surface area contributed by atoms with E-state index in [4.69, 9.17) is 17.3 Å². The van der Waals surface area contributed by atoms with Crippen LogP contribution in [0, 0.1) is 6.92 Å². The molecule has 16 heavy (non-hydrogen) atoms. The molecule has 5 heteroatoms. The highest BCUT2D eigenvalue weighted by atomic mass is 35.5. The smallest absolute Gasteiger partial charge is 0.200 e. The quantitative estimate of drug-likeness (QED) is 0.811. The highest BCUT2D eigenvalue weighted by Crippen LogP contribution is 2.21. The summed E-state index contributed by atoms with van der Waals surface area (Å²) in [5.41, 5.74) is 7.44. The fourth-order valence-corrected chi connectivity index (χ4v) is 1.82. The van der Waals surface area contributed by atoms with Gasteiger partial charge in [0, 0.05) is 6.20 Å². The van der Waals surface area contributed by atoms with E-state index in [-0.39, 0.29) is 11.5 Å². The number of nitrogens with two attached hydrogens (primary N) is 1. The van der Waals surface area contributed by atoms with Crippen molar-refractivity contribution in [3.63, 3.8) is 0 Å². The van der Waals surface area contributed by atoms with Gasteiger partial charge in [-0.25, -0.2) is 4.98 Å². The molecule has 2 N–H and O–H groups in total. The molecule has 0 amide bonds. The molecule has 84 valence electrons. The normalized spacial score (nSPS) is 13.0. The number of pyridine rings is 1. The van der Waals surface area contributed by atoms with E-state index in [1.807, 2.05) is 19.1 Å². The molecule has 0 saturated heterocycles. The minimum atomic E-state index is -0.595. The highest BCUT2D eigenvalue weighted by Gasteiger charge is 2.20. The fraction of sp³-hybridized carbons (Fsp3) is 0.273. The largest absolute Gasteiger partial charge is 0.321 e. The second-order valence-electron chi connectivity index (χ2n) is 3.79. The molecule has 2 rings (SSSR count). The Bertz CT molecular complexity index is 560.